The van der Waals surface area contributed by atoms with Gasteiger partial charge >= 0.3 is 6.09 Å². The van der Waals surface area contributed by atoms with Gasteiger partial charge in [-0.05, 0) is 53.1 Å². The molecule has 1 aliphatic rings. The summed E-state index contributed by atoms with van der Waals surface area (Å²) in [4.78, 5) is 12.4. The molecule has 5 nitrogen and oxygen atoms in total. The monoisotopic (exact) mass is 445 g/mol. The molecule has 5 heteroatoms. The molecule has 33 heavy (non-hydrogen) atoms. The first-order valence-electron chi connectivity index (χ1n) is 11.5. The van der Waals surface area contributed by atoms with Crippen molar-refractivity contribution in [2.45, 2.75) is 32.3 Å². The number of hydrogen-bond donors (Lipinski definition) is 2. The minimum absolute atomic E-state index is 0.0345. The van der Waals surface area contributed by atoms with E-state index in [1.807, 2.05) is 55.5 Å². The van der Waals surface area contributed by atoms with Gasteiger partial charge in [-0.15, -0.1) is 0 Å². The van der Waals surface area contributed by atoms with E-state index in [-0.39, 0.29) is 24.5 Å². The summed E-state index contributed by atoms with van der Waals surface area (Å²) in [6, 6.07) is 24.4. The van der Waals surface area contributed by atoms with Gasteiger partial charge < -0.3 is 19.9 Å². The smallest absolute Gasteiger partial charge is 0.407 e. The van der Waals surface area contributed by atoms with Gasteiger partial charge in [-0.1, -0.05) is 73.7 Å². The molecule has 3 aromatic carbocycles. The second kappa shape index (κ2) is 10.5. The predicted octanol–water partition coefficient (Wildman–Crippen LogP) is 5.16. The molecule has 0 fully saturated rings. The average Bonchev–Trinajstić information content (AvgIpc) is 3.16. The van der Waals surface area contributed by atoms with E-state index in [0.29, 0.717) is 13.2 Å². The summed E-state index contributed by atoms with van der Waals surface area (Å²) in [6.45, 7) is 4.69. The fourth-order valence-corrected chi connectivity index (χ4v) is 4.40. The van der Waals surface area contributed by atoms with Crippen molar-refractivity contribution >= 4 is 6.09 Å². The predicted molar refractivity (Wildman–Crippen MR) is 130 cm³/mol. The number of alkyl carbamates (subject to hydrolysis) is 1. The Labute approximate surface area is 195 Å². The van der Waals surface area contributed by atoms with E-state index in [1.54, 1.807) is 0 Å². The van der Waals surface area contributed by atoms with Gasteiger partial charge in [0.05, 0.1) is 6.61 Å². The first-order valence-corrected chi connectivity index (χ1v) is 11.5. The van der Waals surface area contributed by atoms with Crippen molar-refractivity contribution < 1.29 is 19.4 Å². The number of ether oxygens (including phenoxy) is 2. The quantitative estimate of drug-likeness (QED) is 0.477. The second-order valence-corrected chi connectivity index (χ2v) is 8.73. The highest BCUT2D eigenvalue weighted by atomic mass is 16.5. The Morgan fingerprint density at radius 1 is 0.939 bits per heavy atom. The fourth-order valence-electron chi connectivity index (χ4n) is 4.40. The third-order valence-corrected chi connectivity index (χ3v) is 6.06. The van der Waals surface area contributed by atoms with Crippen LogP contribution in [0.15, 0.2) is 72.8 Å². The molecule has 0 radical (unpaired) electrons. The van der Waals surface area contributed by atoms with Crippen molar-refractivity contribution in [2.75, 3.05) is 19.8 Å². The van der Waals surface area contributed by atoms with Crippen LogP contribution in [0, 0.1) is 5.92 Å². The van der Waals surface area contributed by atoms with Crippen LogP contribution in [0.1, 0.15) is 36.5 Å². The lowest BCUT2D eigenvalue weighted by Crippen LogP contribution is -2.30. The van der Waals surface area contributed by atoms with Crippen molar-refractivity contribution in [3.05, 3.63) is 89.5 Å². The van der Waals surface area contributed by atoms with Crippen LogP contribution in [-0.4, -0.2) is 37.1 Å². The van der Waals surface area contributed by atoms with Crippen LogP contribution in [0.4, 0.5) is 4.79 Å². The Bertz CT molecular complexity index is 1050. The Kier molecular flexibility index (Phi) is 7.30. The number of hydrogen-bond acceptors (Lipinski definition) is 4. The number of fused-ring (bicyclic) bond motifs is 3. The van der Waals surface area contributed by atoms with Crippen LogP contribution in [0.25, 0.3) is 11.1 Å². The zero-order valence-corrected chi connectivity index (χ0v) is 19.2. The Morgan fingerprint density at radius 2 is 1.55 bits per heavy atom. The van der Waals surface area contributed by atoms with Crippen molar-refractivity contribution in [3.8, 4) is 16.9 Å². The summed E-state index contributed by atoms with van der Waals surface area (Å²) in [5, 5.41) is 12.2. The molecule has 0 saturated heterocycles. The number of aliphatic hydroxyl groups is 1. The molecule has 0 aromatic heterocycles. The molecule has 4 rings (SSSR count). The molecule has 2 atom stereocenters. The van der Waals surface area contributed by atoms with E-state index in [4.69, 9.17) is 9.47 Å². The summed E-state index contributed by atoms with van der Waals surface area (Å²) < 4.78 is 11.4. The highest BCUT2D eigenvalue weighted by Gasteiger charge is 2.29. The van der Waals surface area contributed by atoms with Gasteiger partial charge in [-0.3, -0.25) is 0 Å². The average molecular weight is 446 g/mol. The third kappa shape index (κ3) is 5.37. The zero-order valence-electron chi connectivity index (χ0n) is 19.2. The van der Waals surface area contributed by atoms with Crippen molar-refractivity contribution in [2.24, 2.45) is 5.92 Å². The van der Waals surface area contributed by atoms with Gasteiger partial charge in [0.2, 0.25) is 0 Å². The molecule has 1 amide bonds. The highest BCUT2D eigenvalue weighted by Crippen LogP contribution is 2.44. The molecule has 0 unspecified atom stereocenters. The topological polar surface area (TPSA) is 67.8 Å². The van der Waals surface area contributed by atoms with Gasteiger partial charge in [0.1, 0.15) is 18.5 Å². The SMILES string of the molecule is C[C@@H](CNC(=O)OCC1c2ccccc2-c2ccccc21)Cc1ccccc1O[C@H](C)CO. The number of carbonyl (C=O) groups excluding carboxylic acids is 1. The van der Waals surface area contributed by atoms with Crippen LogP contribution in [0.3, 0.4) is 0 Å². The first kappa shape index (κ1) is 22.9. The van der Waals surface area contributed by atoms with Gasteiger partial charge in [0, 0.05) is 12.5 Å². The van der Waals surface area contributed by atoms with Crippen molar-refractivity contribution in [1.82, 2.24) is 5.32 Å². The molecular weight excluding hydrogens is 414 g/mol. The van der Waals surface area contributed by atoms with Gasteiger partial charge in [0.15, 0.2) is 0 Å². The molecular formula is C28H31NO4. The highest BCUT2D eigenvalue weighted by molar-refractivity contribution is 5.79. The van der Waals surface area contributed by atoms with Crippen LogP contribution in [0.5, 0.6) is 5.75 Å². The number of nitrogens with one attached hydrogen (secondary N) is 1. The number of amides is 1. The Morgan fingerprint density at radius 3 is 2.21 bits per heavy atom. The van der Waals surface area contributed by atoms with Crippen LogP contribution in [0.2, 0.25) is 0 Å². The van der Waals surface area contributed by atoms with Crippen molar-refractivity contribution in [3.63, 3.8) is 0 Å². The Balaban J connectivity index is 1.30. The van der Waals surface area contributed by atoms with Crippen LogP contribution < -0.4 is 10.1 Å². The van der Waals surface area contributed by atoms with E-state index in [0.717, 1.165) is 17.7 Å². The molecule has 0 aliphatic heterocycles. The fraction of sp³-hybridized carbons (Fsp3) is 0.321. The molecule has 0 saturated carbocycles. The van der Waals surface area contributed by atoms with Crippen LogP contribution >= 0.6 is 0 Å². The lowest BCUT2D eigenvalue weighted by atomic mass is 9.98. The van der Waals surface area contributed by atoms with Gasteiger partial charge in [-0.25, -0.2) is 4.79 Å². The molecule has 0 bridgehead atoms. The number of aliphatic hydroxyl groups excluding tert-OH is 1. The molecule has 3 aromatic rings. The maximum absolute atomic E-state index is 12.4. The summed E-state index contributed by atoms with van der Waals surface area (Å²) in [5.74, 6) is 1.02. The van der Waals surface area contributed by atoms with E-state index in [2.05, 4.69) is 36.5 Å². The molecule has 0 spiro atoms. The Hall–Kier alpha value is -3.31. The minimum atomic E-state index is -0.401. The van der Waals surface area contributed by atoms with E-state index >= 15 is 0 Å². The number of carbonyl (C=O) groups is 1. The standard InChI is InChI=1S/C28H31NO4/c1-19(15-21-9-3-8-14-27(21)33-20(2)17-30)16-29-28(31)32-18-26-24-12-6-4-10-22(24)23-11-5-7-13-25(23)26/h3-14,19-20,26,30H,15-18H2,1-2H3,(H,29,31)/t19-,20-/m1/s1. The van der Waals surface area contributed by atoms with E-state index in [9.17, 15) is 9.90 Å². The van der Waals surface area contributed by atoms with Crippen molar-refractivity contribution in [1.29, 1.82) is 0 Å². The van der Waals surface area contributed by atoms with E-state index < -0.39 is 6.09 Å². The summed E-state index contributed by atoms with van der Waals surface area (Å²) in [7, 11) is 0. The summed E-state index contributed by atoms with van der Waals surface area (Å²) >= 11 is 0. The van der Waals surface area contributed by atoms with Gasteiger partial charge in [-0.2, -0.15) is 0 Å². The molecule has 1 aliphatic carbocycles. The van der Waals surface area contributed by atoms with E-state index in [1.165, 1.54) is 22.3 Å². The number of rotatable bonds is 9. The summed E-state index contributed by atoms with van der Waals surface area (Å²) in [6.07, 6.45) is 0.0837. The minimum Gasteiger partial charge on any atom is -0.488 e. The first-order chi connectivity index (χ1) is 16.1. The number of benzene rings is 3. The maximum atomic E-state index is 12.4. The van der Waals surface area contributed by atoms with Crippen LogP contribution in [-0.2, 0) is 11.2 Å². The molecule has 172 valence electrons. The molecule has 0 heterocycles. The molecule has 2 N–H and O–H groups in total. The zero-order chi connectivity index (χ0) is 23.2. The second-order valence-electron chi connectivity index (χ2n) is 8.73. The third-order valence-electron chi connectivity index (χ3n) is 6.06. The normalized spacial score (nSPS) is 14.2. The maximum Gasteiger partial charge on any atom is 0.407 e. The van der Waals surface area contributed by atoms with Gasteiger partial charge in [0.25, 0.3) is 0 Å². The lowest BCUT2D eigenvalue weighted by molar-refractivity contribution is 0.128. The number of para-hydroxylation sites is 1. The summed E-state index contributed by atoms with van der Waals surface area (Å²) in [5.41, 5.74) is 5.89. The largest absolute Gasteiger partial charge is 0.488 e. The lowest BCUT2D eigenvalue weighted by Gasteiger charge is -2.19.